The first kappa shape index (κ1) is 11.5. The molecule has 0 spiro atoms. The molecule has 3 heteroatoms. The van der Waals surface area contributed by atoms with Crippen LogP contribution >= 0.6 is 0 Å². The third kappa shape index (κ3) is 2.97. The van der Waals surface area contributed by atoms with Crippen LogP contribution in [0.3, 0.4) is 0 Å². The number of hydrogen-bond acceptors (Lipinski definition) is 3. The van der Waals surface area contributed by atoms with Crippen molar-refractivity contribution in [3.8, 4) is 5.75 Å². The van der Waals surface area contributed by atoms with Gasteiger partial charge in [0.1, 0.15) is 11.6 Å². The van der Waals surface area contributed by atoms with Gasteiger partial charge >= 0.3 is 0 Å². The number of hydrogen-bond donors (Lipinski definition) is 1. The fourth-order valence-corrected chi connectivity index (χ4v) is 1.60. The number of pyridine rings is 1. The number of benzene rings is 1. The first-order valence-electron chi connectivity index (χ1n) is 5.72. The van der Waals surface area contributed by atoms with Crippen molar-refractivity contribution in [3.63, 3.8) is 0 Å². The molecule has 0 bridgehead atoms. The van der Waals surface area contributed by atoms with Crippen LogP contribution in [-0.4, -0.2) is 11.6 Å². The summed E-state index contributed by atoms with van der Waals surface area (Å²) < 4.78 is 5.55. The molecule has 3 nitrogen and oxygen atoms in total. The van der Waals surface area contributed by atoms with E-state index in [1.54, 1.807) is 0 Å². The minimum atomic E-state index is 0.653. The third-order valence-electron chi connectivity index (χ3n) is 2.34. The van der Waals surface area contributed by atoms with Gasteiger partial charge in [0.25, 0.3) is 0 Å². The molecule has 0 amide bonds. The molecule has 2 aromatic rings. The molecular weight excluding hydrogens is 212 g/mol. The standard InChI is InChI=1S/C14H16N2O/c1-3-17-13-9-5-4-8-12(13)16-14-10-6-7-11(2)15-14/h4-10H,3H2,1-2H3,(H,15,16). The molecule has 0 unspecified atom stereocenters. The maximum Gasteiger partial charge on any atom is 0.142 e. The van der Waals surface area contributed by atoms with Crippen LogP contribution < -0.4 is 10.1 Å². The van der Waals surface area contributed by atoms with Crippen LogP contribution in [0.5, 0.6) is 5.75 Å². The summed E-state index contributed by atoms with van der Waals surface area (Å²) in [6.45, 7) is 4.60. The smallest absolute Gasteiger partial charge is 0.142 e. The average molecular weight is 228 g/mol. The van der Waals surface area contributed by atoms with Crippen LogP contribution in [-0.2, 0) is 0 Å². The monoisotopic (exact) mass is 228 g/mol. The van der Waals surface area contributed by atoms with E-state index in [4.69, 9.17) is 4.74 Å². The van der Waals surface area contributed by atoms with Crippen molar-refractivity contribution in [2.45, 2.75) is 13.8 Å². The third-order valence-corrected chi connectivity index (χ3v) is 2.34. The van der Waals surface area contributed by atoms with E-state index < -0.39 is 0 Å². The van der Waals surface area contributed by atoms with Gasteiger partial charge in [-0.15, -0.1) is 0 Å². The van der Waals surface area contributed by atoms with Crippen LogP contribution in [0.1, 0.15) is 12.6 Å². The summed E-state index contributed by atoms with van der Waals surface area (Å²) in [7, 11) is 0. The number of para-hydroxylation sites is 2. The van der Waals surface area contributed by atoms with Gasteiger partial charge in [-0.3, -0.25) is 0 Å². The van der Waals surface area contributed by atoms with Gasteiger partial charge in [0.2, 0.25) is 0 Å². The largest absolute Gasteiger partial charge is 0.492 e. The van der Waals surface area contributed by atoms with Gasteiger partial charge in [-0.25, -0.2) is 4.98 Å². The SMILES string of the molecule is CCOc1ccccc1Nc1cccc(C)n1. The van der Waals surface area contributed by atoms with E-state index in [2.05, 4.69) is 10.3 Å². The van der Waals surface area contributed by atoms with E-state index in [0.717, 1.165) is 22.9 Å². The second kappa shape index (κ2) is 5.34. The van der Waals surface area contributed by atoms with E-state index in [1.807, 2.05) is 56.3 Å². The number of aryl methyl sites for hydroxylation is 1. The normalized spacial score (nSPS) is 10.0. The molecule has 2 rings (SSSR count). The Kier molecular flexibility index (Phi) is 3.60. The maximum absolute atomic E-state index is 5.55. The number of anilines is 2. The first-order valence-corrected chi connectivity index (χ1v) is 5.72. The molecule has 1 heterocycles. The highest BCUT2D eigenvalue weighted by atomic mass is 16.5. The Morgan fingerprint density at radius 1 is 1.12 bits per heavy atom. The van der Waals surface area contributed by atoms with Gasteiger partial charge < -0.3 is 10.1 Å². The van der Waals surface area contributed by atoms with Gasteiger partial charge in [0.15, 0.2) is 0 Å². The molecule has 0 fully saturated rings. The van der Waals surface area contributed by atoms with Crippen LogP contribution in [0, 0.1) is 6.92 Å². The molecule has 0 radical (unpaired) electrons. The minimum Gasteiger partial charge on any atom is -0.492 e. The summed E-state index contributed by atoms with van der Waals surface area (Å²) in [5.41, 5.74) is 1.93. The predicted octanol–water partition coefficient (Wildman–Crippen LogP) is 3.53. The number of nitrogens with zero attached hydrogens (tertiary/aromatic N) is 1. The zero-order valence-electron chi connectivity index (χ0n) is 10.1. The highest BCUT2D eigenvalue weighted by Gasteiger charge is 2.03. The summed E-state index contributed by atoms with van der Waals surface area (Å²) in [4.78, 5) is 4.40. The summed E-state index contributed by atoms with van der Waals surface area (Å²) in [6, 6.07) is 13.8. The van der Waals surface area contributed by atoms with E-state index >= 15 is 0 Å². The second-order valence-electron chi connectivity index (χ2n) is 3.72. The Morgan fingerprint density at radius 3 is 2.71 bits per heavy atom. The van der Waals surface area contributed by atoms with Gasteiger partial charge in [0, 0.05) is 5.69 Å². The number of rotatable bonds is 4. The lowest BCUT2D eigenvalue weighted by Crippen LogP contribution is -1.99. The lowest BCUT2D eigenvalue weighted by Gasteiger charge is -2.11. The van der Waals surface area contributed by atoms with E-state index in [1.165, 1.54) is 0 Å². The maximum atomic E-state index is 5.55. The van der Waals surface area contributed by atoms with Crippen molar-refractivity contribution in [3.05, 3.63) is 48.2 Å². The van der Waals surface area contributed by atoms with Gasteiger partial charge in [-0.2, -0.15) is 0 Å². The quantitative estimate of drug-likeness (QED) is 0.869. The Bertz CT molecular complexity index is 497. The van der Waals surface area contributed by atoms with Gasteiger partial charge in [-0.1, -0.05) is 18.2 Å². The van der Waals surface area contributed by atoms with E-state index in [0.29, 0.717) is 6.61 Å². The minimum absolute atomic E-state index is 0.653. The fourth-order valence-electron chi connectivity index (χ4n) is 1.60. The summed E-state index contributed by atoms with van der Waals surface area (Å²) >= 11 is 0. The van der Waals surface area contributed by atoms with Crippen molar-refractivity contribution in [2.75, 3.05) is 11.9 Å². The van der Waals surface area contributed by atoms with Crippen molar-refractivity contribution in [2.24, 2.45) is 0 Å². The molecule has 0 saturated carbocycles. The molecule has 0 aliphatic carbocycles. The second-order valence-corrected chi connectivity index (χ2v) is 3.72. The zero-order valence-corrected chi connectivity index (χ0v) is 10.1. The average Bonchev–Trinajstić information content (AvgIpc) is 2.32. The highest BCUT2D eigenvalue weighted by molar-refractivity contribution is 5.63. The lowest BCUT2D eigenvalue weighted by atomic mass is 10.3. The molecule has 88 valence electrons. The molecule has 0 aliphatic heterocycles. The fraction of sp³-hybridized carbons (Fsp3) is 0.214. The van der Waals surface area contributed by atoms with Crippen LogP contribution in [0.4, 0.5) is 11.5 Å². The van der Waals surface area contributed by atoms with Gasteiger partial charge in [-0.05, 0) is 38.1 Å². The predicted molar refractivity (Wildman–Crippen MR) is 69.9 cm³/mol. The van der Waals surface area contributed by atoms with E-state index in [-0.39, 0.29) is 0 Å². The van der Waals surface area contributed by atoms with Crippen molar-refractivity contribution >= 4 is 11.5 Å². The molecule has 1 aromatic heterocycles. The van der Waals surface area contributed by atoms with Gasteiger partial charge in [0.05, 0.1) is 12.3 Å². The highest BCUT2D eigenvalue weighted by Crippen LogP contribution is 2.26. The molecule has 17 heavy (non-hydrogen) atoms. The Balaban J connectivity index is 2.23. The topological polar surface area (TPSA) is 34.1 Å². The van der Waals surface area contributed by atoms with E-state index in [9.17, 15) is 0 Å². The lowest BCUT2D eigenvalue weighted by molar-refractivity contribution is 0.342. The Labute approximate surface area is 101 Å². The number of nitrogens with one attached hydrogen (secondary N) is 1. The van der Waals surface area contributed by atoms with Crippen LogP contribution in [0.15, 0.2) is 42.5 Å². The number of aromatic nitrogens is 1. The van der Waals surface area contributed by atoms with Crippen LogP contribution in [0.2, 0.25) is 0 Å². The first-order chi connectivity index (χ1) is 8.29. The van der Waals surface area contributed by atoms with Crippen molar-refractivity contribution < 1.29 is 4.74 Å². The van der Waals surface area contributed by atoms with Crippen LogP contribution in [0.25, 0.3) is 0 Å². The molecule has 0 saturated heterocycles. The summed E-state index contributed by atoms with van der Waals surface area (Å²) in [5, 5.41) is 3.26. The molecule has 1 N–H and O–H groups in total. The van der Waals surface area contributed by atoms with Crippen molar-refractivity contribution in [1.29, 1.82) is 0 Å². The molecule has 0 aliphatic rings. The molecular formula is C14H16N2O. The zero-order chi connectivity index (χ0) is 12.1. The summed E-state index contributed by atoms with van der Waals surface area (Å²) in [5.74, 6) is 1.68. The molecule has 1 aromatic carbocycles. The number of ether oxygens (including phenoxy) is 1. The Hall–Kier alpha value is -2.03. The summed E-state index contributed by atoms with van der Waals surface area (Å²) in [6.07, 6.45) is 0. The Morgan fingerprint density at radius 2 is 1.94 bits per heavy atom. The van der Waals surface area contributed by atoms with Crippen molar-refractivity contribution in [1.82, 2.24) is 4.98 Å². The molecule has 0 atom stereocenters.